The minimum absolute atomic E-state index is 0. The largest absolute Gasteiger partial charge is 0.508 e. The fourth-order valence-electron chi connectivity index (χ4n) is 2.40. The highest BCUT2D eigenvalue weighted by Gasteiger charge is 2.07. The summed E-state index contributed by atoms with van der Waals surface area (Å²) in [5.74, 6) is 2.26. The van der Waals surface area contributed by atoms with E-state index in [1.165, 1.54) is 0 Å². The molecule has 9 heteroatoms. The lowest BCUT2D eigenvalue weighted by molar-refractivity contribution is 0.410. The normalized spacial score (nSPS) is 11.1. The average molecular weight is 468 g/mol. The van der Waals surface area contributed by atoms with Crippen LogP contribution in [0.1, 0.15) is 11.4 Å². The third-order valence-electron chi connectivity index (χ3n) is 3.75. The van der Waals surface area contributed by atoms with Crippen LogP contribution in [0.4, 0.5) is 0 Å². The van der Waals surface area contributed by atoms with Crippen LogP contribution in [0.15, 0.2) is 47.6 Å². The zero-order valence-corrected chi connectivity index (χ0v) is 16.8. The molecule has 0 spiro atoms. The molecule has 3 rings (SSSR count). The highest BCUT2D eigenvalue weighted by atomic mass is 127. The summed E-state index contributed by atoms with van der Waals surface area (Å²) in [6, 6.07) is 10.8. The van der Waals surface area contributed by atoms with Gasteiger partial charge in [0.25, 0.3) is 0 Å². The number of hydrogen-bond donors (Lipinski definition) is 3. The predicted octanol–water partition coefficient (Wildman–Crippen LogP) is 1.93. The van der Waals surface area contributed by atoms with E-state index >= 15 is 0 Å². The Morgan fingerprint density at radius 3 is 2.77 bits per heavy atom. The lowest BCUT2D eigenvalue weighted by Crippen LogP contribution is -2.36. The molecule has 138 valence electrons. The summed E-state index contributed by atoms with van der Waals surface area (Å²) in [5, 5.41) is 24.6. The summed E-state index contributed by atoms with van der Waals surface area (Å²) in [4.78, 5) is 4.18. The van der Waals surface area contributed by atoms with E-state index in [0.29, 0.717) is 24.8 Å². The van der Waals surface area contributed by atoms with Gasteiger partial charge in [-0.2, -0.15) is 0 Å². The number of aromatic nitrogens is 3. The lowest BCUT2D eigenvalue weighted by atomic mass is 10.2. The second kappa shape index (κ2) is 9.22. The van der Waals surface area contributed by atoms with E-state index in [-0.39, 0.29) is 29.7 Å². The lowest BCUT2D eigenvalue weighted by Gasteiger charge is -2.13. The van der Waals surface area contributed by atoms with Crippen molar-refractivity contribution in [3.8, 4) is 11.5 Å². The molecular formula is C17H21IN6O2. The molecule has 2 aromatic heterocycles. The second-order valence-electron chi connectivity index (χ2n) is 5.32. The Hall–Kier alpha value is -2.56. The molecule has 0 bridgehead atoms. The topological polar surface area (TPSA) is 96.1 Å². The van der Waals surface area contributed by atoms with Crippen molar-refractivity contribution in [1.29, 1.82) is 0 Å². The minimum Gasteiger partial charge on any atom is -0.508 e. The van der Waals surface area contributed by atoms with E-state index in [9.17, 15) is 5.11 Å². The van der Waals surface area contributed by atoms with Gasteiger partial charge >= 0.3 is 0 Å². The summed E-state index contributed by atoms with van der Waals surface area (Å²) in [6.45, 7) is 0.873. The maximum absolute atomic E-state index is 9.94. The molecule has 0 aliphatic carbocycles. The van der Waals surface area contributed by atoms with Crippen LogP contribution in [0.2, 0.25) is 0 Å². The molecule has 3 aromatic rings. The molecule has 3 N–H and O–H groups in total. The first-order chi connectivity index (χ1) is 12.2. The van der Waals surface area contributed by atoms with Gasteiger partial charge in [0.2, 0.25) is 0 Å². The number of ether oxygens (including phenoxy) is 1. The molecular weight excluding hydrogens is 447 g/mol. The SMILES string of the molecule is CN=C(NCc1cc(OC)ccc1O)NCc1nnc2ccccn12.I. The van der Waals surface area contributed by atoms with Crippen LogP contribution in [0, 0.1) is 0 Å². The first kappa shape index (κ1) is 19.8. The van der Waals surface area contributed by atoms with Crippen molar-refractivity contribution in [1.82, 2.24) is 25.2 Å². The second-order valence-corrected chi connectivity index (χ2v) is 5.32. The number of phenolic OH excluding ortho intramolecular Hbond substituents is 1. The Labute approximate surface area is 168 Å². The fourth-order valence-corrected chi connectivity index (χ4v) is 2.40. The molecule has 8 nitrogen and oxygen atoms in total. The minimum atomic E-state index is 0. The Bertz CT molecular complexity index is 896. The molecule has 1 aromatic carbocycles. The number of aromatic hydroxyl groups is 1. The van der Waals surface area contributed by atoms with Crippen LogP contribution in [-0.4, -0.2) is 39.8 Å². The van der Waals surface area contributed by atoms with E-state index in [1.807, 2.05) is 28.8 Å². The number of aliphatic imine (C=N–C) groups is 1. The number of phenols is 1. The zero-order valence-electron chi connectivity index (χ0n) is 14.5. The quantitative estimate of drug-likeness (QED) is 0.301. The van der Waals surface area contributed by atoms with Crippen LogP contribution in [0.3, 0.4) is 0 Å². The zero-order chi connectivity index (χ0) is 17.6. The third-order valence-corrected chi connectivity index (χ3v) is 3.75. The number of nitrogens with zero attached hydrogens (tertiary/aromatic N) is 4. The standard InChI is InChI=1S/C17H20N6O2.HI/c1-18-17(19-10-12-9-13(25-2)6-7-14(12)24)20-11-16-22-21-15-5-3-4-8-23(15)16;/h3-9,24H,10-11H2,1-2H3,(H2,18,19,20);1H. The van der Waals surface area contributed by atoms with Gasteiger partial charge in [-0.3, -0.25) is 9.39 Å². The third kappa shape index (κ3) is 4.54. The van der Waals surface area contributed by atoms with Gasteiger partial charge in [-0.25, -0.2) is 0 Å². The number of pyridine rings is 1. The Kier molecular flexibility index (Phi) is 7.01. The average Bonchev–Trinajstić information content (AvgIpc) is 3.06. The van der Waals surface area contributed by atoms with Crippen LogP contribution < -0.4 is 15.4 Å². The molecule has 0 aliphatic rings. The maximum Gasteiger partial charge on any atom is 0.191 e. The predicted molar refractivity (Wildman–Crippen MR) is 110 cm³/mol. The highest BCUT2D eigenvalue weighted by molar-refractivity contribution is 14.0. The van der Waals surface area contributed by atoms with Gasteiger partial charge in [-0.15, -0.1) is 34.2 Å². The van der Waals surface area contributed by atoms with Crippen LogP contribution in [0.25, 0.3) is 5.65 Å². The first-order valence-corrected chi connectivity index (χ1v) is 7.80. The van der Waals surface area contributed by atoms with Crippen molar-refractivity contribution < 1.29 is 9.84 Å². The Morgan fingerprint density at radius 1 is 1.19 bits per heavy atom. The Balaban J connectivity index is 0.00000243. The number of halogens is 1. The van der Waals surface area contributed by atoms with E-state index < -0.39 is 0 Å². The van der Waals surface area contributed by atoms with Gasteiger partial charge in [-0.1, -0.05) is 6.07 Å². The van der Waals surface area contributed by atoms with Crippen LogP contribution in [-0.2, 0) is 13.1 Å². The highest BCUT2D eigenvalue weighted by Crippen LogP contribution is 2.22. The molecule has 0 radical (unpaired) electrons. The van der Waals surface area contributed by atoms with Crippen molar-refractivity contribution >= 4 is 35.6 Å². The molecule has 0 atom stereocenters. The molecule has 2 heterocycles. The maximum atomic E-state index is 9.94. The van der Waals surface area contributed by atoms with E-state index in [2.05, 4.69) is 25.8 Å². The first-order valence-electron chi connectivity index (χ1n) is 7.80. The molecule has 0 saturated carbocycles. The summed E-state index contributed by atoms with van der Waals surface area (Å²) in [7, 11) is 3.27. The molecule has 0 unspecified atom stereocenters. The van der Waals surface area contributed by atoms with E-state index in [4.69, 9.17) is 4.74 Å². The number of rotatable bonds is 5. The fraction of sp³-hybridized carbons (Fsp3) is 0.235. The number of guanidine groups is 1. The van der Waals surface area contributed by atoms with Crippen molar-refractivity contribution in [3.63, 3.8) is 0 Å². The van der Waals surface area contributed by atoms with Crippen LogP contribution >= 0.6 is 24.0 Å². The Morgan fingerprint density at radius 2 is 2.00 bits per heavy atom. The molecule has 26 heavy (non-hydrogen) atoms. The summed E-state index contributed by atoms with van der Waals surface area (Å²) < 4.78 is 7.09. The van der Waals surface area contributed by atoms with Crippen molar-refractivity contribution in [2.45, 2.75) is 13.1 Å². The smallest absolute Gasteiger partial charge is 0.191 e. The van der Waals surface area contributed by atoms with Gasteiger partial charge in [-0.05, 0) is 30.3 Å². The van der Waals surface area contributed by atoms with Crippen molar-refractivity contribution in [3.05, 3.63) is 54.0 Å². The van der Waals surface area contributed by atoms with Gasteiger partial charge in [0, 0.05) is 25.4 Å². The van der Waals surface area contributed by atoms with E-state index in [1.54, 1.807) is 32.4 Å². The van der Waals surface area contributed by atoms with Crippen LogP contribution in [0.5, 0.6) is 11.5 Å². The molecule has 0 aliphatic heterocycles. The number of methoxy groups -OCH3 is 1. The number of nitrogens with one attached hydrogen (secondary N) is 2. The van der Waals surface area contributed by atoms with Gasteiger partial charge in [0.1, 0.15) is 11.5 Å². The number of fused-ring (bicyclic) bond motifs is 1. The number of hydrogen-bond acceptors (Lipinski definition) is 5. The molecule has 0 amide bonds. The summed E-state index contributed by atoms with van der Waals surface area (Å²) >= 11 is 0. The van der Waals surface area contributed by atoms with E-state index in [0.717, 1.165) is 17.0 Å². The summed E-state index contributed by atoms with van der Waals surface area (Å²) in [5.41, 5.74) is 1.51. The molecule has 0 fully saturated rings. The monoisotopic (exact) mass is 468 g/mol. The summed E-state index contributed by atoms with van der Waals surface area (Å²) in [6.07, 6.45) is 1.91. The van der Waals surface area contributed by atoms with Gasteiger partial charge in [0.05, 0.1) is 13.7 Å². The molecule has 0 saturated heterocycles. The number of benzene rings is 1. The van der Waals surface area contributed by atoms with Gasteiger partial charge in [0.15, 0.2) is 17.4 Å². The van der Waals surface area contributed by atoms with Crippen molar-refractivity contribution in [2.24, 2.45) is 4.99 Å². The van der Waals surface area contributed by atoms with Crippen molar-refractivity contribution in [2.75, 3.05) is 14.2 Å². The van der Waals surface area contributed by atoms with Gasteiger partial charge < -0.3 is 20.5 Å².